The van der Waals surface area contributed by atoms with E-state index in [0.717, 1.165) is 27.0 Å². The predicted octanol–water partition coefficient (Wildman–Crippen LogP) is 2.47. The van der Waals surface area contributed by atoms with Gasteiger partial charge in [0.05, 0.1) is 28.4 Å². The number of sulfonamides is 2. The molecule has 2 rings (SSSR count). The highest BCUT2D eigenvalue weighted by Gasteiger charge is 2.31. The number of amides is 1. The van der Waals surface area contributed by atoms with E-state index in [-0.39, 0.29) is 35.2 Å². The standard InChI is InChI=1S/C21H27ClFN3O6S2/c1-5-20(26(33(4,28)29)15-6-11-19(23)18(22)14-15)21(27)24-12-13-32-16-7-9-17(10-8-16)34(30,31)25(2)3/h6-11,14,20H,5,12-13H2,1-4H3,(H,24,27)/t20-/m0/s1. The van der Waals surface area contributed by atoms with E-state index in [1.54, 1.807) is 6.92 Å². The van der Waals surface area contributed by atoms with Crippen LogP contribution in [0.3, 0.4) is 0 Å². The molecule has 1 atom stereocenters. The zero-order valence-corrected chi connectivity index (χ0v) is 21.5. The molecule has 0 heterocycles. The van der Waals surface area contributed by atoms with Gasteiger partial charge in [-0.05, 0) is 48.9 Å². The molecule has 34 heavy (non-hydrogen) atoms. The number of hydrogen-bond donors (Lipinski definition) is 1. The van der Waals surface area contributed by atoms with E-state index in [1.165, 1.54) is 44.4 Å². The Morgan fingerprint density at radius 1 is 1.12 bits per heavy atom. The lowest BCUT2D eigenvalue weighted by molar-refractivity contribution is -0.122. The Labute approximate surface area is 204 Å². The number of benzene rings is 2. The number of halogens is 2. The van der Waals surface area contributed by atoms with Gasteiger partial charge in [-0.25, -0.2) is 25.5 Å². The second kappa shape index (κ2) is 11.3. The van der Waals surface area contributed by atoms with Gasteiger partial charge in [-0.1, -0.05) is 18.5 Å². The van der Waals surface area contributed by atoms with Gasteiger partial charge in [-0.2, -0.15) is 0 Å². The second-order valence-electron chi connectivity index (χ2n) is 7.48. The molecule has 1 amide bonds. The van der Waals surface area contributed by atoms with Crippen molar-refractivity contribution in [3.8, 4) is 5.75 Å². The van der Waals surface area contributed by atoms with E-state index in [0.29, 0.717) is 5.75 Å². The van der Waals surface area contributed by atoms with E-state index in [2.05, 4.69) is 5.32 Å². The molecule has 0 aromatic heterocycles. The van der Waals surface area contributed by atoms with Crippen LogP contribution in [0.15, 0.2) is 47.4 Å². The molecule has 9 nitrogen and oxygen atoms in total. The van der Waals surface area contributed by atoms with Crippen molar-refractivity contribution in [3.63, 3.8) is 0 Å². The van der Waals surface area contributed by atoms with Gasteiger partial charge in [-0.15, -0.1) is 0 Å². The van der Waals surface area contributed by atoms with Crippen LogP contribution in [0.1, 0.15) is 13.3 Å². The highest BCUT2D eigenvalue weighted by atomic mass is 35.5. The van der Waals surface area contributed by atoms with Crippen LogP contribution in [0, 0.1) is 5.82 Å². The van der Waals surface area contributed by atoms with Crippen molar-refractivity contribution in [1.29, 1.82) is 0 Å². The number of carbonyl (C=O) groups excluding carboxylic acids is 1. The largest absolute Gasteiger partial charge is 0.492 e. The van der Waals surface area contributed by atoms with Gasteiger partial charge >= 0.3 is 0 Å². The zero-order valence-electron chi connectivity index (χ0n) is 19.2. The van der Waals surface area contributed by atoms with Gasteiger partial charge < -0.3 is 10.1 Å². The van der Waals surface area contributed by atoms with E-state index >= 15 is 0 Å². The minimum Gasteiger partial charge on any atom is -0.492 e. The molecule has 13 heteroatoms. The Bertz CT molecular complexity index is 1220. The normalized spacial score (nSPS) is 12.9. The summed E-state index contributed by atoms with van der Waals surface area (Å²) < 4.78 is 70.1. The fourth-order valence-electron chi connectivity index (χ4n) is 3.06. The van der Waals surface area contributed by atoms with Crippen molar-refractivity contribution in [1.82, 2.24) is 9.62 Å². The molecule has 0 aliphatic carbocycles. The summed E-state index contributed by atoms with van der Waals surface area (Å²) in [5.74, 6) is -0.872. The minimum absolute atomic E-state index is 0.0587. The summed E-state index contributed by atoms with van der Waals surface area (Å²) in [6, 6.07) is 8.14. The number of anilines is 1. The first-order valence-corrected chi connectivity index (χ1v) is 13.8. The summed E-state index contributed by atoms with van der Waals surface area (Å²) in [7, 11) is -4.58. The molecule has 1 N–H and O–H groups in total. The van der Waals surface area contributed by atoms with Gasteiger partial charge in [0, 0.05) is 14.1 Å². The van der Waals surface area contributed by atoms with Crippen molar-refractivity contribution in [2.24, 2.45) is 0 Å². The van der Waals surface area contributed by atoms with Gasteiger partial charge in [0.1, 0.15) is 24.2 Å². The first kappa shape index (κ1) is 27.8. The highest BCUT2D eigenvalue weighted by molar-refractivity contribution is 7.92. The Morgan fingerprint density at radius 3 is 2.24 bits per heavy atom. The van der Waals surface area contributed by atoms with Crippen LogP contribution in [0.25, 0.3) is 0 Å². The van der Waals surface area contributed by atoms with E-state index in [1.807, 2.05) is 0 Å². The number of carbonyl (C=O) groups is 1. The molecule has 0 unspecified atom stereocenters. The SMILES string of the molecule is CC[C@@H](C(=O)NCCOc1ccc(S(=O)(=O)N(C)C)cc1)N(c1ccc(F)c(Cl)c1)S(C)(=O)=O. The lowest BCUT2D eigenvalue weighted by atomic mass is 10.2. The van der Waals surface area contributed by atoms with E-state index in [9.17, 15) is 26.0 Å². The van der Waals surface area contributed by atoms with E-state index < -0.39 is 37.8 Å². The smallest absolute Gasteiger partial charge is 0.244 e. The van der Waals surface area contributed by atoms with Crippen LogP contribution < -0.4 is 14.4 Å². The third-order valence-electron chi connectivity index (χ3n) is 4.76. The summed E-state index contributed by atoms with van der Waals surface area (Å²) in [5.41, 5.74) is 0.0694. The molecule has 2 aromatic rings. The monoisotopic (exact) mass is 535 g/mol. The van der Waals surface area contributed by atoms with Gasteiger partial charge in [0.25, 0.3) is 0 Å². The third kappa shape index (κ3) is 6.81. The Balaban J connectivity index is 2.03. The van der Waals surface area contributed by atoms with Crippen LogP contribution >= 0.6 is 11.6 Å². The molecule has 188 valence electrons. The Morgan fingerprint density at radius 2 is 1.74 bits per heavy atom. The molecule has 2 aromatic carbocycles. The number of rotatable bonds is 11. The minimum atomic E-state index is -3.89. The summed E-state index contributed by atoms with van der Waals surface area (Å²) >= 11 is 5.80. The van der Waals surface area contributed by atoms with Crippen LogP contribution in [-0.4, -0.2) is 66.6 Å². The molecule has 0 aliphatic heterocycles. The van der Waals surface area contributed by atoms with Gasteiger partial charge in [0.2, 0.25) is 26.0 Å². The van der Waals surface area contributed by atoms with Crippen LogP contribution in [-0.2, 0) is 24.8 Å². The number of nitrogens with one attached hydrogen (secondary N) is 1. The second-order valence-corrected chi connectivity index (χ2v) is 11.9. The molecule has 0 radical (unpaired) electrons. The summed E-state index contributed by atoms with van der Waals surface area (Å²) in [4.78, 5) is 12.9. The Kier molecular flexibility index (Phi) is 9.29. The molecule has 0 saturated carbocycles. The molecular weight excluding hydrogens is 509 g/mol. The van der Waals surface area contributed by atoms with Crippen LogP contribution in [0.5, 0.6) is 5.75 Å². The Hall–Kier alpha value is -2.41. The third-order valence-corrected chi connectivity index (χ3v) is 8.06. The van der Waals surface area contributed by atoms with Crippen LogP contribution in [0.2, 0.25) is 5.02 Å². The summed E-state index contributed by atoms with van der Waals surface area (Å²) in [6.45, 7) is 1.77. The highest BCUT2D eigenvalue weighted by Crippen LogP contribution is 2.27. The van der Waals surface area contributed by atoms with Gasteiger partial charge in [-0.3, -0.25) is 9.10 Å². The van der Waals surface area contributed by atoms with Crippen molar-refractivity contribution in [3.05, 3.63) is 53.3 Å². The molecule has 0 aliphatic rings. The molecule has 0 saturated heterocycles. The van der Waals surface area contributed by atoms with E-state index in [4.69, 9.17) is 16.3 Å². The summed E-state index contributed by atoms with van der Waals surface area (Å²) in [6.07, 6.45) is 1.10. The van der Waals surface area contributed by atoms with Crippen molar-refractivity contribution < 1.29 is 30.8 Å². The number of hydrogen-bond acceptors (Lipinski definition) is 6. The zero-order chi connectivity index (χ0) is 25.7. The summed E-state index contributed by atoms with van der Waals surface area (Å²) in [5, 5.41) is 2.36. The number of nitrogens with zero attached hydrogens (tertiary/aromatic N) is 2. The number of ether oxygens (including phenoxy) is 1. The fourth-order valence-corrected chi connectivity index (χ4v) is 5.34. The first-order chi connectivity index (χ1) is 15.8. The average molecular weight is 536 g/mol. The maximum Gasteiger partial charge on any atom is 0.244 e. The molecule has 0 bridgehead atoms. The van der Waals surface area contributed by atoms with Crippen LogP contribution in [0.4, 0.5) is 10.1 Å². The molecule has 0 spiro atoms. The van der Waals surface area contributed by atoms with Gasteiger partial charge in [0.15, 0.2) is 0 Å². The fraction of sp³-hybridized carbons (Fsp3) is 0.381. The maximum atomic E-state index is 13.5. The lowest BCUT2D eigenvalue weighted by Gasteiger charge is -2.30. The molecule has 0 fully saturated rings. The predicted molar refractivity (Wildman–Crippen MR) is 129 cm³/mol. The van der Waals surface area contributed by atoms with Crippen molar-refractivity contribution in [2.75, 3.05) is 37.8 Å². The quantitative estimate of drug-likeness (QED) is 0.442. The van der Waals surface area contributed by atoms with Crippen molar-refractivity contribution >= 4 is 43.2 Å². The average Bonchev–Trinajstić information content (AvgIpc) is 2.76. The maximum absolute atomic E-state index is 13.5. The molecular formula is C21H27ClFN3O6S2. The first-order valence-electron chi connectivity index (χ1n) is 10.2. The van der Waals surface area contributed by atoms with Crippen molar-refractivity contribution in [2.45, 2.75) is 24.3 Å². The lowest BCUT2D eigenvalue weighted by Crippen LogP contribution is -2.50. The topological polar surface area (TPSA) is 113 Å².